The quantitative estimate of drug-likeness (QED) is 0.772. The van der Waals surface area contributed by atoms with Crippen LogP contribution in [0.3, 0.4) is 0 Å². The van der Waals surface area contributed by atoms with E-state index in [4.69, 9.17) is 14.2 Å². The van der Waals surface area contributed by atoms with Crippen LogP contribution in [0.15, 0.2) is 35.1 Å². The smallest absolute Gasteiger partial charge is 0.252 e. The van der Waals surface area contributed by atoms with Crippen molar-refractivity contribution in [3.63, 3.8) is 0 Å². The van der Waals surface area contributed by atoms with Crippen molar-refractivity contribution in [3.05, 3.63) is 51.9 Å². The highest BCUT2D eigenvalue weighted by atomic mass is 16.5. The van der Waals surface area contributed by atoms with E-state index in [9.17, 15) is 4.79 Å². The summed E-state index contributed by atoms with van der Waals surface area (Å²) in [6.07, 6.45) is 3.08. The first-order valence-corrected chi connectivity index (χ1v) is 9.38. The number of hydrogen-bond donors (Lipinski definition) is 1. The summed E-state index contributed by atoms with van der Waals surface area (Å²) in [5.41, 5.74) is 2.95. The number of hydrogen-bond acceptors (Lipinski definition) is 5. The third-order valence-corrected chi connectivity index (χ3v) is 4.94. The van der Waals surface area contributed by atoms with E-state index >= 15 is 0 Å². The summed E-state index contributed by atoms with van der Waals surface area (Å²) in [7, 11) is 3.26. The normalized spacial score (nSPS) is 16.3. The van der Waals surface area contributed by atoms with Gasteiger partial charge >= 0.3 is 0 Å². The van der Waals surface area contributed by atoms with E-state index < -0.39 is 0 Å². The SMILES string of the molecule is COc1ccc(CCNc2cc(C)n(CC3CCCO3)c(=O)c2)cc1OC. The second-order valence-electron chi connectivity index (χ2n) is 6.84. The van der Waals surface area contributed by atoms with Crippen molar-refractivity contribution in [2.24, 2.45) is 0 Å². The Morgan fingerprint density at radius 3 is 2.67 bits per heavy atom. The molecule has 1 N–H and O–H groups in total. The molecule has 1 saturated heterocycles. The molecule has 0 bridgehead atoms. The van der Waals surface area contributed by atoms with Crippen LogP contribution in [0.5, 0.6) is 11.5 Å². The van der Waals surface area contributed by atoms with Crippen LogP contribution in [0.25, 0.3) is 0 Å². The lowest BCUT2D eigenvalue weighted by Crippen LogP contribution is -2.28. The van der Waals surface area contributed by atoms with Gasteiger partial charge in [0, 0.05) is 30.6 Å². The first kappa shape index (κ1) is 19.3. The van der Waals surface area contributed by atoms with Crippen LogP contribution < -0.4 is 20.3 Å². The molecule has 1 fully saturated rings. The number of nitrogens with one attached hydrogen (secondary N) is 1. The Bertz CT molecular complexity index is 825. The van der Waals surface area contributed by atoms with Gasteiger partial charge in [0.15, 0.2) is 11.5 Å². The Kier molecular flexibility index (Phi) is 6.40. The summed E-state index contributed by atoms with van der Waals surface area (Å²) in [5.74, 6) is 1.45. The maximum atomic E-state index is 12.5. The molecule has 0 saturated carbocycles. The molecule has 1 aromatic heterocycles. The topological polar surface area (TPSA) is 61.7 Å². The van der Waals surface area contributed by atoms with Crippen molar-refractivity contribution >= 4 is 5.69 Å². The van der Waals surface area contributed by atoms with E-state index in [1.165, 1.54) is 0 Å². The first-order chi connectivity index (χ1) is 13.1. The van der Waals surface area contributed by atoms with E-state index in [0.29, 0.717) is 6.54 Å². The lowest BCUT2D eigenvalue weighted by molar-refractivity contribution is 0.0956. The number of nitrogens with zero attached hydrogens (tertiary/aromatic N) is 1. The number of aryl methyl sites for hydroxylation is 1. The van der Waals surface area contributed by atoms with Gasteiger partial charge in [-0.25, -0.2) is 0 Å². The van der Waals surface area contributed by atoms with E-state index in [1.54, 1.807) is 24.9 Å². The minimum absolute atomic E-state index is 0.0131. The largest absolute Gasteiger partial charge is 0.493 e. The lowest BCUT2D eigenvalue weighted by atomic mass is 10.1. The fraction of sp³-hybridized carbons (Fsp3) is 0.476. The minimum Gasteiger partial charge on any atom is -0.493 e. The maximum Gasteiger partial charge on any atom is 0.252 e. The van der Waals surface area contributed by atoms with Gasteiger partial charge in [-0.2, -0.15) is 0 Å². The van der Waals surface area contributed by atoms with Crippen molar-refractivity contribution in [1.29, 1.82) is 0 Å². The standard InChI is InChI=1S/C21H28N2O4/c1-15-11-17(13-21(24)23(15)14-18-5-4-10-27-18)22-9-8-16-6-7-19(25-2)20(12-16)26-3/h6-7,11-13,18,22H,4-5,8-10,14H2,1-3H3. The Balaban J connectivity index is 1.60. The first-order valence-electron chi connectivity index (χ1n) is 9.38. The van der Waals surface area contributed by atoms with Gasteiger partial charge in [-0.1, -0.05) is 6.07 Å². The summed E-state index contributed by atoms with van der Waals surface area (Å²) in [6, 6.07) is 9.59. The predicted molar refractivity (Wildman–Crippen MR) is 106 cm³/mol. The summed E-state index contributed by atoms with van der Waals surface area (Å²) in [4.78, 5) is 12.5. The number of ether oxygens (including phenoxy) is 3. The number of rotatable bonds is 8. The predicted octanol–water partition coefficient (Wildman–Crippen LogP) is 3.01. The Morgan fingerprint density at radius 1 is 1.19 bits per heavy atom. The number of benzene rings is 1. The highest BCUT2D eigenvalue weighted by Crippen LogP contribution is 2.27. The summed E-state index contributed by atoms with van der Waals surface area (Å²) >= 11 is 0. The van der Waals surface area contributed by atoms with E-state index in [0.717, 1.165) is 60.9 Å². The molecule has 6 nitrogen and oxygen atoms in total. The van der Waals surface area contributed by atoms with Gasteiger partial charge in [0.2, 0.25) is 0 Å². The van der Waals surface area contributed by atoms with Crippen LogP contribution in [0.4, 0.5) is 5.69 Å². The van der Waals surface area contributed by atoms with Crippen molar-refractivity contribution < 1.29 is 14.2 Å². The van der Waals surface area contributed by atoms with E-state index in [1.807, 2.05) is 31.2 Å². The molecule has 1 atom stereocenters. The van der Waals surface area contributed by atoms with Gasteiger partial charge in [-0.05, 0) is 49.9 Å². The van der Waals surface area contributed by atoms with Crippen LogP contribution in [0.1, 0.15) is 24.1 Å². The van der Waals surface area contributed by atoms with Crippen LogP contribution in [-0.2, 0) is 17.7 Å². The number of pyridine rings is 1. The molecule has 1 aromatic carbocycles. The highest BCUT2D eigenvalue weighted by Gasteiger charge is 2.17. The number of methoxy groups -OCH3 is 2. The highest BCUT2D eigenvalue weighted by molar-refractivity contribution is 5.45. The third kappa shape index (κ3) is 4.83. The lowest BCUT2D eigenvalue weighted by Gasteiger charge is -2.16. The molecule has 0 amide bonds. The average Bonchev–Trinajstić information content (AvgIpc) is 3.18. The zero-order valence-electron chi connectivity index (χ0n) is 16.3. The number of anilines is 1. The summed E-state index contributed by atoms with van der Waals surface area (Å²) in [5, 5.41) is 3.35. The molecule has 0 aliphatic carbocycles. The van der Waals surface area contributed by atoms with Crippen molar-refractivity contribution in [2.75, 3.05) is 32.7 Å². The molecule has 1 aliphatic rings. The van der Waals surface area contributed by atoms with Crippen LogP contribution in [-0.4, -0.2) is 38.0 Å². The second kappa shape index (κ2) is 8.95. The molecule has 0 radical (unpaired) electrons. The molecule has 1 aliphatic heterocycles. The summed E-state index contributed by atoms with van der Waals surface area (Å²) < 4.78 is 18.1. The van der Waals surface area contributed by atoms with Gasteiger partial charge in [-0.15, -0.1) is 0 Å². The molecule has 27 heavy (non-hydrogen) atoms. The molecule has 1 unspecified atom stereocenters. The van der Waals surface area contributed by atoms with E-state index in [2.05, 4.69) is 5.32 Å². The van der Waals surface area contributed by atoms with Gasteiger partial charge in [0.25, 0.3) is 5.56 Å². The molecule has 2 heterocycles. The Morgan fingerprint density at radius 2 is 2.00 bits per heavy atom. The zero-order chi connectivity index (χ0) is 19.2. The molecule has 2 aromatic rings. The van der Waals surface area contributed by atoms with Gasteiger partial charge in [0.05, 0.1) is 26.9 Å². The van der Waals surface area contributed by atoms with Crippen molar-refractivity contribution in [2.45, 2.75) is 38.8 Å². The third-order valence-electron chi connectivity index (χ3n) is 4.94. The minimum atomic E-state index is 0.0131. The zero-order valence-corrected chi connectivity index (χ0v) is 16.3. The summed E-state index contributed by atoms with van der Waals surface area (Å²) in [6.45, 7) is 4.13. The molecular weight excluding hydrogens is 344 g/mol. The molecule has 146 valence electrons. The second-order valence-corrected chi connectivity index (χ2v) is 6.84. The van der Waals surface area contributed by atoms with Crippen LogP contribution in [0.2, 0.25) is 0 Å². The van der Waals surface area contributed by atoms with Crippen molar-refractivity contribution in [3.8, 4) is 11.5 Å². The maximum absolute atomic E-state index is 12.5. The fourth-order valence-corrected chi connectivity index (χ4v) is 3.44. The molecule has 6 heteroatoms. The van der Waals surface area contributed by atoms with Crippen molar-refractivity contribution in [1.82, 2.24) is 4.57 Å². The molecule has 0 spiro atoms. The molecule has 3 rings (SSSR count). The Hall–Kier alpha value is -2.47. The van der Waals surface area contributed by atoms with E-state index in [-0.39, 0.29) is 11.7 Å². The van der Waals surface area contributed by atoms with Crippen LogP contribution >= 0.6 is 0 Å². The Labute approximate surface area is 160 Å². The van der Waals surface area contributed by atoms with Gasteiger partial charge in [-0.3, -0.25) is 4.79 Å². The van der Waals surface area contributed by atoms with Crippen LogP contribution in [0, 0.1) is 6.92 Å². The fourth-order valence-electron chi connectivity index (χ4n) is 3.44. The number of aromatic nitrogens is 1. The molecular formula is C21H28N2O4. The van der Waals surface area contributed by atoms with Gasteiger partial charge < -0.3 is 24.1 Å². The van der Waals surface area contributed by atoms with Gasteiger partial charge in [0.1, 0.15) is 0 Å². The monoisotopic (exact) mass is 372 g/mol. The average molecular weight is 372 g/mol.